The zero-order valence-corrected chi connectivity index (χ0v) is 17.7. The SMILES string of the molecule is CCC[Si](OC)(OC)OC.CCO[Si](CC)(OCC)OCC. The highest BCUT2D eigenvalue weighted by molar-refractivity contribution is 6.60. The van der Waals surface area contributed by atoms with Gasteiger partial charge in [0.15, 0.2) is 0 Å². The van der Waals surface area contributed by atoms with E-state index in [2.05, 4.69) is 6.92 Å². The van der Waals surface area contributed by atoms with Crippen molar-refractivity contribution in [2.24, 2.45) is 0 Å². The smallest absolute Gasteiger partial charge is 0.377 e. The third-order valence-corrected chi connectivity index (χ3v) is 9.04. The van der Waals surface area contributed by atoms with E-state index in [4.69, 9.17) is 26.6 Å². The molecule has 0 heterocycles. The van der Waals surface area contributed by atoms with Gasteiger partial charge >= 0.3 is 17.6 Å². The summed E-state index contributed by atoms with van der Waals surface area (Å²) in [6.45, 7) is 12.0. The highest BCUT2D eigenvalue weighted by atomic mass is 28.4. The fourth-order valence-corrected chi connectivity index (χ4v) is 5.86. The van der Waals surface area contributed by atoms with Gasteiger partial charge in [0.2, 0.25) is 0 Å². The van der Waals surface area contributed by atoms with Crippen LogP contribution in [0.25, 0.3) is 0 Å². The van der Waals surface area contributed by atoms with Crippen LogP contribution in [0.3, 0.4) is 0 Å². The van der Waals surface area contributed by atoms with Gasteiger partial charge in [-0.1, -0.05) is 20.3 Å². The summed E-state index contributed by atoms with van der Waals surface area (Å²) in [5, 5.41) is 0. The minimum atomic E-state index is -2.27. The van der Waals surface area contributed by atoms with Crippen molar-refractivity contribution in [3.05, 3.63) is 0 Å². The Morgan fingerprint density at radius 3 is 1.09 bits per heavy atom. The quantitative estimate of drug-likeness (QED) is 0.500. The van der Waals surface area contributed by atoms with E-state index < -0.39 is 17.6 Å². The summed E-state index contributed by atoms with van der Waals surface area (Å²) in [4.78, 5) is 0. The third kappa shape index (κ3) is 9.36. The molecule has 0 aromatic heterocycles. The van der Waals surface area contributed by atoms with Crippen LogP contribution in [0.4, 0.5) is 0 Å². The Morgan fingerprint density at radius 2 is 0.955 bits per heavy atom. The fourth-order valence-electron chi connectivity index (χ4n) is 1.95. The van der Waals surface area contributed by atoms with Crippen LogP contribution in [-0.2, 0) is 26.6 Å². The molecular weight excluding hydrogens is 320 g/mol. The molecule has 0 aliphatic rings. The molecule has 0 fully saturated rings. The molecule has 22 heavy (non-hydrogen) atoms. The molecule has 0 aliphatic heterocycles. The standard InChI is InChI=1S/C8H20O3Si.C6H16O3Si/c1-5-9-12(8-4,10-6-2)11-7-3;1-5-6-10(7-2,8-3)9-4/h5-8H2,1-4H3;5-6H2,1-4H3. The van der Waals surface area contributed by atoms with Gasteiger partial charge in [0, 0.05) is 53.2 Å². The molecule has 0 N–H and O–H groups in total. The van der Waals surface area contributed by atoms with Crippen molar-refractivity contribution >= 4 is 17.6 Å². The van der Waals surface area contributed by atoms with Crippen LogP contribution in [-0.4, -0.2) is 58.8 Å². The fraction of sp³-hybridized carbons (Fsp3) is 1.00. The van der Waals surface area contributed by atoms with Gasteiger partial charge in [0.25, 0.3) is 0 Å². The van der Waals surface area contributed by atoms with Gasteiger partial charge in [-0.3, -0.25) is 0 Å². The molecule has 0 atom stereocenters. The van der Waals surface area contributed by atoms with Crippen LogP contribution >= 0.6 is 0 Å². The Labute approximate surface area is 139 Å². The summed E-state index contributed by atoms with van der Waals surface area (Å²) in [6, 6.07) is 1.74. The average molecular weight is 357 g/mol. The first-order chi connectivity index (χ1) is 10.5. The maximum Gasteiger partial charge on any atom is 0.500 e. The van der Waals surface area contributed by atoms with Crippen molar-refractivity contribution in [2.75, 3.05) is 41.2 Å². The summed E-state index contributed by atoms with van der Waals surface area (Å²) in [6.07, 6.45) is 1.03. The van der Waals surface area contributed by atoms with E-state index in [1.54, 1.807) is 21.3 Å². The molecule has 0 saturated heterocycles. The number of rotatable bonds is 12. The minimum absolute atomic E-state index is 0.667. The Kier molecular flexibility index (Phi) is 16.4. The van der Waals surface area contributed by atoms with Crippen molar-refractivity contribution in [2.45, 2.75) is 53.1 Å². The first-order valence-corrected chi connectivity index (χ1v) is 11.9. The highest BCUT2D eigenvalue weighted by Gasteiger charge is 2.37. The van der Waals surface area contributed by atoms with Crippen molar-refractivity contribution < 1.29 is 26.6 Å². The molecule has 8 heteroatoms. The molecule has 0 radical (unpaired) electrons. The Bertz CT molecular complexity index is 214. The molecule has 0 aliphatic carbocycles. The van der Waals surface area contributed by atoms with Crippen LogP contribution in [0, 0.1) is 0 Å². The van der Waals surface area contributed by atoms with Gasteiger partial charge in [0.1, 0.15) is 0 Å². The average Bonchev–Trinajstić information content (AvgIpc) is 2.54. The molecule has 0 unspecified atom stereocenters. The second-order valence-electron chi connectivity index (χ2n) is 4.38. The molecule has 0 spiro atoms. The van der Waals surface area contributed by atoms with Gasteiger partial charge in [-0.2, -0.15) is 0 Å². The summed E-state index contributed by atoms with van der Waals surface area (Å²) < 4.78 is 32.2. The van der Waals surface area contributed by atoms with E-state index in [-0.39, 0.29) is 0 Å². The molecule has 0 aromatic rings. The van der Waals surface area contributed by atoms with Gasteiger partial charge < -0.3 is 26.6 Å². The zero-order chi connectivity index (χ0) is 17.5. The Balaban J connectivity index is 0. The lowest BCUT2D eigenvalue weighted by Gasteiger charge is -2.26. The monoisotopic (exact) mass is 356 g/mol. The van der Waals surface area contributed by atoms with Gasteiger partial charge in [-0.05, 0) is 20.8 Å². The van der Waals surface area contributed by atoms with Gasteiger partial charge in [-0.25, -0.2) is 0 Å². The maximum absolute atomic E-state index is 5.55. The summed E-state index contributed by atoms with van der Waals surface area (Å²) in [7, 11) is 0.415. The zero-order valence-electron chi connectivity index (χ0n) is 15.7. The molecule has 0 bridgehead atoms. The summed E-state index contributed by atoms with van der Waals surface area (Å²) in [5.41, 5.74) is 0. The van der Waals surface area contributed by atoms with Crippen molar-refractivity contribution in [1.29, 1.82) is 0 Å². The van der Waals surface area contributed by atoms with Crippen LogP contribution in [0.1, 0.15) is 41.0 Å². The third-order valence-electron chi connectivity index (χ3n) is 3.01. The highest BCUT2D eigenvalue weighted by Crippen LogP contribution is 2.15. The molecule has 0 rings (SSSR count). The van der Waals surface area contributed by atoms with E-state index in [0.717, 1.165) is 18.5 Å². The van der Waals surface area contributed by atoms with E-state index >= 15 is 0 Å². The Hall–Kier alpha value is 0.194. The second-order valence-corrected chi connectivity index (χ2v) is 10.4. The molecule has 136 valence electrons. The molecule has 0 saturated carbocycles. The number of hydrogen-bond acceptors (Lipinski definition) is 6. The van der Waals surface area contributed by atoms with E-state index in [1.807, 2.05) is 27.7 Å². The predicted octanol–water partition coefficient (Wildman–Crippen LogP) is 3.33. The first-order valence-electron chi connectivity index (χ1n) is 8.06. The van der Waals surface area contributed by atoms with E-state index in [1.165, 1.54) is 0 Å². The van der Waals surface area contributed by atoms with Gasteiger partial charge in [-0.15, -0.1) is 0 Å². The van der Waals surface area contributed by atoms with E-state index in [9.17, 15) is 0 Å². The van der Waals surface area contributed by atoms with E-state index in [0.29, 0.717) is 19.8 Å². The summed E-state index contributed by atoms with van der Waals surface area (Å²) in [5.74, 6) is 0. The Morgan fingerprint density at radius 1 is 0.591 bits per heavy atom. The predicted molar refractivity (Wildman–Crippen MR) is 93.0 cm³/mol. The summed E-state index contributed by atoms with van der Waals surface area (Å²) >= 11 is 0. The second kappa shape index (κ2) is 14.8. The van der Waals surface area contributed by atoms with Crippen LogP contribution in [0.5, 0.6) is 0 Å². The topological polar surface area (TPSA) is 55.4 Å². The van der Waals surface area contributed by atoms with Crippen molar-refractivity contribution in [1.82, 2.24) is 0 Å². The lowest BCUT2D eigenvalue weighted by molar-refractivity contribution is 0.0725. The lowest BCUT2D eigenvalue weighted by atomic mass is 10.6. The molecular formula is C14H36O6Si2. The van der Waals surface area contributed by atoms with Crippen LogP contribution in [0.15, 0.2) is 0 Å². The molecule has 0 amide bonds. The van der Waals surface area contributed by atoms with Crippen LogP contribution < -0.4 is 0 Å². The van der Waals surface area contributed by atoms with Crippen molar-refractivity contribution in [3.63, 3.8) is 0 Å². The largest absolute Gasteiger partial charge is 0.500 e. The lowest BCUT2D eigenvalue weighted by Crippen LogP contribution is -2.45. The molecule has 0 aromatic carbocycles. The first kappa shape index (κ1) is 24.4. The maximum atomic E-state index is 5.55. The number of hydrogen-bond donors (Lipinski definition) is 0. The van der Waals surface area contributed by atoms with Crippen LogP contribution in [0.2, 0.25) is 12.1 Å². The van der Waals surface area contributed by atoms with Gasteiger partial charge in [0.05, 0.1) is 0 Å². The molecule has 6 nitrogen and oxygen atoms in total. The van der Waals surface area contributed by atoms with Crippen molar-refractivity contribution in [3.8, 4) is 0 Å². The normalized spacial score (nSPS) is 12.0. The minimum Gasteiger partial charge on any atom is -0.377 e.